The number of hydrogen-bond acceptors (Lipinski definition) is 4. The second-order valence-electron chi connectivity index (χ2n) is 5.04. The number of benzene rings is 2. The van der Waals surface area contributed by atoms with Gasteiger partial charge >= 0.3 is 0 Å². The van der Waals surface area contributed by atoms with Gasteiger partial charge in [0, 0.05) is 29.9 Å². The number of anilines is 2. The normalized spacial score (nSPS) is 10.1. The number of halogens is 1. The van der Waals surface area contributed by atoms with Crippen molar-refractivity contribution in [2.45, 2.75) is 13.8 Å². The fourth-order valence-corrected chi connectivity index (χ4v) is 2.48. The van der Waals surface area contributed by atoms with Gasteiger partial charge in [-0.25, -0.2) is 0 Å². The standard InChI is InChI=1S/C16H14BrN3O4/c1-9-13(18-10(2)21)4-3-5-14(9)19-16(22)11-6-7-12(17)15(8-11)20(23)24/h3-8H,1-2H3,(H,18,21)(H,19,22). The van der Waals surface area contributed by atoms with Crippen LogP contribution in [0.5, 0.6) is 0 Å². The predicted octanol–water partition coefficient (Wildman–Crippen LogP) is 3.88. The maximum Gasteiger partial charge on any atom is 0.284 e. The summed E-state index contributed by atoms with van der Waals surface area (Å²) >= 11 is 3.08. The minimum atomic E-state index is -0.566. The van der Waals surface area contributed by atoms with Crippen molar-refractivity contribution in [3.8, 4) is 0 Å². The summed E-state index contributed by atoms with van der Waals surface area (Å²) < 4.78 is 0.299. The Morgan fingerprint density at radius 3 is 2.33 bits per heavy atom. The van der Waals surface area contributed by atoms with Crippen molar-refractivity contribution in [2.24, 2.45) is 0 Å². The molecule has 0 aliphatic carbocycles. The topological polar surface area (TPSA) is 101 Å². The van der Waals surface area contributed by atoms with E-state index >= 15 is 0 Å². The Kier molecular flexibility index (Phi) is 5.30. The fourth-order valence-electron chi connectivity index (χ4n) is 2.08. The minimum Gasteiger partial charge on any atom is -0.326 e. The van der Waals surface area contributed by atoms with Gasteiger partial charge in [0.25, 0.3) is 11.6 Å². The van der Waals surface area contributed by atoms with E-state index in [1.54, 1.807) is 25.1 Å². The number of nitrogens with one attached hydrogen (secondary N) is 2. The molecule has 0 heterocycles. The number of nitro benzene ring substituents is 1. The molecule has 2 rings (SSSR count). The number of nitrogens with zero attached hydrogens (tertiary/aromatic N) is 1. The maximum atomic E-state index is 12.3. The number of carbonyl (C=O) groups is 2. The number of hydrogen-bond donors (Lipinski definition) is 2. The van der Waals surface area contributed by atoms with Gasteiger partial charge < -0.3 is 10.6 Å². The van der Waals surface area contributed by atoms with Crippen LogP contribution in [0.3, 0.4) is 0 Å². The second-order valence-corrected chi connectivity index (χ2v) is 5.89. The Balaban J connectivity index is 2.29. The monoisotopic (exact) mass is 391 g/mol. The Hall–Kier alpha value is -2.74. The molecular weight excluding hydrogens is 378 g/mol. The molecule has 2 aromatic carbocycles. The van der Waals surface area contributed by atoms with Gasteiger partial charge in [-0.3, -0.25) is 19.7 Å². The van der Waals surface area contributed by atoms with E-state index in [1.807, 2.05) is 0 Å². The maximum absolute atomic E-state index is 12.3. The quantitative estimate of drug-likeness (QED) is 0.609. The average Bonchev–Trinajstić information content (AvgIpc) is 2.50. The van der Waals surface area contributed by atoms with Crippen molar-refractivity contribution in [3.63, 3.8) is 0 Å². The summed E-state index contributed by atoms with van der Waals surface area (Å²) in [4.78, 5) is 33.9. The zero-order chi connectivity index (χ0) is 17.9. The van der Waals surface area contributed by atoms with Crippen molar-refractivity contribution in [2.75, 3.05) is 10.6 Å². The highest BCUT2D eigenvalue weighted by molar-refractivity contribution is 9.10. The van der Waals surface area contributed by atoms with Gasteiger partial charge in [-0.05, 0) is 52.7 Å². The predicted molar refractivity (Wildman–Crippen MR) is 94.2 cm³/mol. The Morgan fingerprint density at radius 1 is 1.12 bits per heavy atom. The summed E-state index contributed by atoms with van der Waals surface area (Å²) in [5.41, 5.74) is 1.76. The highest BCUT2D eigenvalue weighted by Crippen LogP contribution is 2.27. The summed E-state index contributed by atoms with van der Waals surface area (Å²) in [6, 6.07) is 9.24. The van der Waals surface area contributed by atoms with Crippen LogP contribution in [-0.4, -0.2) is 16.7 Å². The third-order valence-corrected chi connectivity index (χ3v) is 3.97. The lowest BCUT2D eigenvalue weighted by Crippen LogP contribution is -2.14. The summed E-state index contributed by atoms with van der Waals surface area (Å²) in [5.74, 6) is -0.696. The van der Waals surface area contributed by atoms with E-state index in [4.69, 9.17) is 0 Å². The lowest BCUT2D eigenvalue weighted by atomic mass is 10.1. The lowest BCUT2D eigenvalue weighted by Gasteiger charge is -2.12. The molecule has 0 saturated carbocycles. The molecule has 7 nitrogen and oxygen atoms in total. The van der Waals surface area contributed by atoms with Crippen molar-refractivity contribution >= 4 is 44.8 Å². The average molecular weight is 392 g/mol. The van der Waals surface area contributed by atoms with E-state index in [9.17, 15) is 19.7 Å². The van der Waals surface area contributed by atoms with Crippen LogP contribution in [0.4, 0.5) is 17.1 Å². The molecule has 0 bridgehead atoms. The van der Waals surface area contributed by atoms with E-state index in [1.165, 1.54) is 25.1 Å². The van der Waals surface area contributed by atoms with Gasteiger partial charge in [0.1, 0.15) is 0 Å². The molecule has 2 aromatic rings. The van der Waals surface area contributed by atoms with Gasteiger partial charge in [0.05, 0.1) is 9.40 Å². The van der Waals surface area contributed by atoms with Crippen molar-refractivity contribution in [3.05, 3.63) is 62.1 Å². The molecule has 124 valence electrons. The molecule has 0 spiro atoms. The largest absolute Gasteiger partial charge is 0.326 e. The first-order valence-electron chi connectivity index (χ1n) is 6.92. The number of amides is 2. The summed E-state index contributed by atoms with van der Waals surface area (Å²) in [6.45, 7) is 3.15. The summed E-state index contributed by atoms with van der Waals surface area (Å²) in [7, 11) is 0. The van der Waals surface area contributed by atoms with E-state index in [2.05, 4.69) is 26.6 Å². The summed E-state index contributed by atoms with van der Waals surface area (Å²) in [5, 5.41) is 16.3. The van der Waals surface area contributed by atoms with Crippen LogP contribution in [-0.2, 0) is 4.79 Å². The molecule has 0 atom stereocenters. The highest BCUT2D eigenvalue weighted by atomic mass is 79.9. The molecule has 0 radical (unpaired) electrons. The minimum absolute atomic E-state index is 0.161. The van der Waals surface area contributed by atoms with Crippen molar-refractivity contribution < 1.29 is 14.5 Å². The van der Waals surface area contributed by atoms with Crippen LogP contribution in [0.2, 0.25) is 0 Å². The van der Waals surface area contributed by atoms with Gasteiger partial charge in [0.15, 0.2) is 0 Å². The first kappa shape index (κ1) is 17.6. The Bertz CT molecular complexity index is 836. The highest BCUT2D eigenvalue weighted by Gasteiger charge is 2.17. The SMILES string of the molecule is CC(=O)Nc1cccc(NC(=O)c2ccc(Br)c([N+](=O)[O-])c2)c1C. The first-order chi connectivity index (χ1) is 11.3. The van der Waals surface area contributed by atoms with E-state index in [0.717, 1.165) is 0 Å². The lowest BCUT2D eigenvalue weighted by molar-refractivity contribution is -0.385. The molecule has 24 heavy (non-hydrogen) atoms. The van der Waals surface area contributed by atoms with Crippen LogP contribution in [0.25, 0.3) is 0 Å². The van der Waals surface area contributed by atoms with Gasteiger partial charge in [-0.2, -0.15) is 0 Å². The van der Waals surface area contributed by atoms with Gasteiger partial charge in [0.2, 0.25) is 5.91 Å². The van der Waals surface area contributed by atoms with Crippen molar-refractivity contribution in [1.82, 2.24) is 0 Å². The Morgan fingerprint density at radius 2 is 1.75 bits per heavy atom. The van der Waals surface area contributed by atoms with Crippen LogP contribution in [0, 0.1) is 17.0 Å². The molecule has 8 heteroatoms. The smallest absolute Gasteiger partial charge is 0.284 e. The van der Waals surface area contributed by atoms with E-state index < -0.39 is 10.8 Å². The molecule has 0 aromatic heterocycles. The molecule has 0 aliphatic heterocycles. The number of carbonyl (C=O) groups excluding carboxylic acids is 2. The zero-order valence-corrected chi connectivity index (χ0v) is 14.5. The van der Waals surface area contributed by atoms with Crippen molar-refractivity contribution in [1.29, 1.82) is 0 Å². The van der Waals surface area contributed by atoms with E-state index in [0.29, 0.717) is 21.4 Å². The third kappa shape index (κ3) is 3.96. The number of nitro groups is 1. The fraction of sp³-hybridized carbons (Fsp3) is 0.125. The van der Waals surface area contributed by atoms with Crippen LogP contribution < -0.4 is 10.6 Å². The molecule has 0 fully saturated rings. The molecule has 2 N–H and O–H groups in total. The molecule has 2 amide bonds. The summed E-state index contributed by atoms with van der Waals surface area (Å²) in [6.07, 6.45) is 0. The Labute approximate surface area is 146 Å². The van der Waals surface area contributed by atoms with Gasteiger partial charge in [-0.15, -0.1) is 0 Å². The molecular formula is C16H14BrN3O4. The number of rotatable bonds is 4. The second kappa shape index (κ2) is 7.22. The molecule has 0 unspecified atom stereocenters. The third-order valence-electron chi connectivity index (χ3n) is 3.30. The zero-order valence-electron chi connectivity index (χ0n) is 12.9. The van der Waals surface area contributed by atoms with E-state index in [-0.39, 0.29) is 17.2 Å². The van der Waals surface area contributed by atoms with Crippen LogP contribution in [0.1, 0.15) is 22.8 Å². The first-order valence-corrected chi connectivity index (χ1v) is 7.71. The van der Waals surface area contributed by atoms with Gasteiger partial charge in [-0.1, -0.05) is 6.07 Å². The van der Waals surface area contributed by atoms with Crippen LogP contribution >= 0.6 is 15.9 Å². The molecule has 0 saturated heterocycles. The van der Waals surface area contributed by atoms with Crippen LogP contribution in [0.15, 0.2) is 40.9 Å². The molecule has 0 aliphatic rings.